The molecule has 0 aliphatic carbocycles. The van der Waals surface area contributed by atoms with E-state index in [1.165, 1.54) is 33.8 Å². The lowest BCUT2D eigenvalue weighted by Crippen LogP contribution is -2.16. The minimum Gasteiger partial charge on any atom is -0.276 e. The van der Waals surface area contributed by atoms with Gasteiger partial charge in [0, 0.05) is 90.4 Å². The Morgan fingerprint density at radius 1 is 0.400 bits per heavy atom. The summed E-state index contributed by atoms with van der Waals surface area (Å²) in [6.45, 7) is 68.5. The lowest BCUT2D eigenvalue weighted by Gasteiger charge is -2.19. The molecule has 9 aromatic heterocycles. The van der Waals surface area contributed by atoms with Crippen LogP contribution in [0.2, 0.25) is 0 Å². The van der Waals surface area contributed by atoms with Gasteiger partial charge in [0.15, 0.2) is 29.1 Å². The van der Waals surface area contributed by atoms with Gasteiger partial charge < -0.3 is 0 Å². The van der Waals surface area contributed by atoms with Gasteiger partial charge in [-0.3, -0.25) is 18.7 Å². The van der Waals surface area contributed by atoms with Gasteiger partial charge in [0.2, 0.25) is 0 Å². The van der Waals surface area contributed by atoms with Gasteiger partial charge in [-0.1, -0.05) is 267 Å². The van der Waals surface area contributed by atoms with Crippen molar-refractivity contribution in [1.82, 2.24) is 103 Å². The minimum atomic E-state index is -0.0277. The number of pyridine rings is 1. The van der Waals surface area contributed by atoms with Crippen LogP contribution in [0, 0.1) is 27.7 Å². The quantitative estimate of drug-likeness (QED) is 0.157. The lowest BCUT2D eigenvalue weighted by molar-refractivity contribution is 0.520. The first-order valence-corrected chi connectivity index (χ1v) is 39.1. The van der Waals surface area contributed by atoms with Crippen molar-refractivity contribution in [2.75, 3.05) is 0 Å². The molecule has 0 spiro atoms. The number of halogens is 1. The normalized spacial score (nSPS) is 11.5. The van der Waals surface area contributed by atoms with E-state index in [1.807, 2.05) is 189 Å². The first-order chi connectivity index (χ1) is 50.8. The Bertz CT molecular complexity index is 4410. The van der Waals surface area contributed by atoms with Crippen molar-refractivity contribution in [3.8, 4) is 17.2 Å². The van der Waals surface area contributed by atoms with E-state index < -0.39 is 0 Å². The smallest absolute Gasteiger partial charge is 0.156 e. The molecule has 9 heterocycles. The topological polar surface area (TPSA) is 207 Å². The number of nitrogens with zero attached hydrogens (tertiary/aromatic N) is 21. The van der Waals surface area contributed by atoms with Crippen LogP contribution in [-0.2, 0) is 78.1 Å². The Balaban J connectivity index is 0.000000326. The SMILES string of the molecule is CC.CC.CC(C)(C)c1ncn(-c2ccccn2)n1.CC(C)(C)c1ncn(Cc2ccccc2)n1.Cc1cc(C(C)(C)C)nn1-c1ccccc1.Cc1cn(C)nc1C(C)(C)C.Cc1nc(C(C)(C)C)nn1-c1ccccc1.Cc1nn(C)c(C(C)(C)C)c1Br.Cn1cc(C(C)(C)C)cn1.Cn1cnc(C(C)(C)C)n1. The van der Waals surface area contributed by atoms with Crippen molar-refractivity contribution >= 4 is 15.9 Å². The van der Waals surface area contributed by atoms with Gasteiger partial charge in [0.25, 0.3) is 0 Å². The van der Waals surface area contributed by atoms with Crippen LogP contribution in [0.4, 0.5) is 0 Å². The van der Waals surface area contributed by atoms with Crippen LogP contribution in [0.1, 0.15) is 268 Å². The zero-order chi connectivity index (χ0) is 83.7. The van der Waals surface area contributed by atoms with Crippen molar-refractivity contribution in [3.05, 3.63) is 238 Å². The van der Waals surface area contributed by atoms with E-state index in [1.54, 1.807) is 34.5 Å². The maximum atomic E-state index is 4.67. The molecule has 0 unspecified atom stereocenters. The highest BCUT2D eigenvalue weighted by atomic mass is 79.9. The monoisotopic (exact) mass is 1570 g/mol. The van der Waals surface area contributed by atoms with Gasteiger partial charge in [-0.2, -0.15) is 35.7 Å². The van der Waals surface area contributed by atoms with E-state index in [2.05, 4.69) is 304 Å². The Morgan fingerprint density at radius 2 is 0.882 bits per heavy atom. The van der Waals surface area contributed by atoms with Gasteiger partial charge in [-0.15, -0.1) is 5.10 Å². The molecule has 0 amide bonds. The summed E-state index contributed by atoms with van der Waals surface area (Å²) in [6, 6.07) is 38.5. The third-order valence-electron chi connectivity index (χ3n) is 16.0. The van der Waals surface area contributed by atoms with Gasteiger partial charge in [-0.25, -0.2) is 43.6 Å². The van der Waals surface area contributed by atoms with Gasteiger partial charge in [-0.05, 0) is 108 Å². The predicted molar refractivity (Wildman–Crippen MR) is 459 cm³/mol. The molecule has 22 heteroatoms. The second kappa shape index (κ2) is 41.1. The number of para-hydroxylation sites is 2. The summed E-state index contributed by atoms with van der Waals surface area (Å²) >= 11 is 3.55. The third kappa shape index (κ3) is 30.9. The van der Waals surface area contributed by atoms with Crippen LogP contribution in [0.3, 0.4) is 0 Å². The Morgan fingerprint density at radius 3 is 1.22 bits per heavy atom. The molecule has 12 rings (SSSR count). The molecule has 0 aliphatic heterocycles. The molecule has 12 aromatic rings. The minimum absolute atomic E-state index is 0.00914. The van der Waals surface area contributed by atoms with Crippen molar-refractivity contribution < 1.29 is 0 Å². The molecule has 0 aliphatic rings. The highest BCUT2D eigenvalue weighted by Crippen LogP contribution is 2.32. The van der Waals surface area contributed by atoms with Gasteiger partial charge in [0.1, 0.15) is 24.8 Å². The number of aryl methyl sites for hydroxylation is 8. The Labute approximate surface area is 669 Å². The Hall–Kier alpha value is -9.31. The lowest BCUT2D eigenvalue weighted by atomic mass is 9.90. The fraction of sp³-hybridized carbons (Fsp3) is 0.511. The highest BCUT2D eigenvalue weighted by molar-refractivity contribution is 9.10. The molecule has 0 fully saturated rings. The average molecular weight is 1570 g/mol. The average Bonchev–Trinajstić information content (AvgIpc) is 1.62. The van der Waals surface area contributed by atoms with E-state index in [0.29, 0.717) is 0 Å². The van der Waals surface area contributed by atoms with Crippen LogP contribution in [0.25, 0.3) is 17.2 Å². The zero-order valence-electron chi connectivity index (χ0n) is 74.0. The summed E-state index contributed by atoms with van der Waals surface area (Å²) in [4.78, 5) is 21.5. The summed E-state index contributed by atoms with van der Waals surface area (Å²) in [5.74, 6) is 5.22. The summed E-state index contributed by atoms with van der Waals surface area (Å²) < 4.78 is 16.0. The van der Waals surface area contributed by atoms with E-state index in [9.17, 15) is 0 Å². The van der Waals surface area contributed by atoms with E-state index in [4.69, 9.17) is 0 Å². The van der Waals surface area contributed by atoms with Crippen molar-refractivity contribution in [2.24, 2.45) is 28.2 Å². The molecular formula is C88H136BrN21. The van der Waals surface area contributed by atoms with Gasteiger partial charge >= 0.3 is 0 Å². The van der Waals surface area contributed by atoms with E-state index >= 15 is 0 Å². The second-order valence-corrected chi connectivity index (χ2v) is 35.7. The summed E-state index contributed by atoms with van der Waals surface area (Å²) in [5, 5.41) is 35.1. The highest BCUT2D eigenvalue weighted by Gasteiger charge is 2.26. The van der Waals surface area contributed by atoms with Crippen LogP contribution in [-0.4, -0.2) is 103 Å². The van der Waals surface area contributed by atoms with Crippen molar-refractivity contribution in [2.45, 2.75) is 271 Å². The summed E-state index contributed by atoms with van der Waals surface area (Å²) in [6.07, 6.45) is 13.0. The number of rotatable bonds is 5. The van der Waals surface area contributed by atoms with Crippen LogP contribution in [0.5, 0.6) is 0 Å². The fourth-order valence-electron chi connectivity index (χ4n) is 10.2. The van der Waals surface area contributed by atoms with Crippen molar-refractivity contribution in [1.29, 1.82) is 0 Å². The standard InChI is InChI=1S/C14H18N2.2C13H17N3.C11H14N4.C9H15BrN2.C9H16N2.C8H14N2.C7H13N3.2C2H6/c1-11-10-13(14(2,3)4)15-16(11)12-8-6-5-7-9-12;1-10-14-12(13(2,3)4)15-16(10)11-8-6-5-7-9-11;1-13(2,3)12-14-10-16(15-12)9-11-7-5-4-6-8-11;1-11(2,3)10-13-8-15(14-10)9-6-4-5-7-12-9;1-6-7(10)8(9(2,3)4)12(5)11-6;1-7-6-11(5)10-8(7)9(2,3)4;1-8(2,3)7-5-9-10(4)6-7;1-7(2,3)6-8-5-10(4)9-6;2*1-2/h5-10H,1-4H3;5-9H,1-4H3;4-8,10H,9H2,1-3H3;4-8H,1-3H3;1-5H3;6H,1-5H3;5-6H,1-4H3;5H,1-4H3;2*1-2H3. The molecule has 0 saturated heterocycles. The molecule has 0 bridgehead atoms. The molecule has 0 saturated carbocycles. The summed E-state index contributed by atoms with van der Waals surface area (Å²) in [7, 11) is 7.76. The van der Waals surface area contributed by atoms with E-state index in [0.717, 1.165) is 68.7 Å². The maximum Gasteiger partial charge on any atom is 0.156 e. The molecule has 0 N–H and O–H groups in total. The number of benzene rings is 3. The van der Waals surface area contributed by atoms with E-state index in [-0.39, 0.29) is 43.3 Å². The Kier molecular flexibility index (Phi) is 35.5. The molecule has 110 heavy (non-hydrogen) atoms. The van der Waals surface area contributed by atoms with Gasteiger partial charge in [0.05, 0.1) is 51.4 Å². The predicted octanol–water partition coefficient (Wildman–Crippen LogP) is 20.6. The van der Waals surface area contributed by atoms with Crippen LogP contribution < -0.4 is 0 Å². The van der Waals surface area contributed by atoms with Crippen LogP contribution >= 0.6 is 15.9 Å². The fourth-order valence-corrected chi connectivity index (χ4v) is 11.1. The molecular weight excluding hydrogens is 1430 g/mol. The molecule has 0 atom stereocenters. The number of hydrogen-bond acceptors (Lipinski definition) is 13. The molecule has 21 nitrogen and oxygen atoms in total. The molecule has 3 aromatic carbocycles. The number of aromatic nitrogens is 21. The van der Waals surface area contributed by atoms with Crippen molar-refractivity contribution in [3.63, 3.8) is 0 Å². The third-order valence-corrected chi connectivity index (χ3v) is 16.9. The number of hydrogen-bond donors (Lipinski definition) is 0. The summed E-state index contributed by atoms with van der Waals surface area (Å²) in [5.41, 5.74) is 12.5. The molecule has 600 valence electrons. The zero-order valence-corrected chi connectivity index (χ0v) is 75.6. The largest absolute Gasteiger partial charge is 0.276 e. The maximum absolute atomic E-state index is 4.67. The molecule has 0 radical (unpaired) electrons. The van der Waals surface area contributed by atoms with Crippen LogP contribution in [0.15, 0.2) is 164 Å². The second-order valence-electron chi connectivity index (χ2n) is 35.0. The first kappa shape index (κ1) is 94.9. The first-order valence-electron chi connectivity index (χ1n) is 38.3.